The second-order valence-electron chi connectivity index (χ2n) is 4.07. The molecule has 0 amide bonds. The van der Waals surface area contributed by atoms with Crippen LogP contribution in [0, 0.1) is 11.8 Å². The molecule has 0 spiro atoms. The number of ether oxygens (including phenoxy) is 4. The molecule has 0 aliphatic rings. The molecule has 0 saturated carbocycles. The van der Waals surface area contributed by atoms with E-state index >= 15 is 0 Å². The number of hydrogen-bond donors (Lipinski definition) is 1. The summed E-state index contributed by atoms with van der Waals surface area (Å²) in [7, 11) is 0. The van der Waals surface area contributed by atoms with Crippen LogP contribution in [0.4, 0.5) is 0 Å². The standard InChI is InChI=1S/C15H29NO4/c1-3-5-8-17-10-12-19-14-15-20-13-11-18-9-7-16-6-4-2/h16H,4,6-15H2,1-2H3. The highest BCUT2D eigenvalue weighted by Gasteiger charge is 1.92. The summed E-state index contributed by atoms with van der Waals surface area (Å²) in [6.45, 7) is 10.7. The first-order chi connectivity index (χ1) is 9.91. The van der Waals surface area contributed by atoms with Gasteiger partial charge in [0.1, 0.15) is 6.61 Å². The Kier molecular flexibility index (Phi) is 17.8. The Labute approximate surface area is 123 Å². The Hall–Kier alpha value is -0.640. The van der Waals surface area contributed by atoms with Crippen LogP contribution in [-0.2, 0) is 18.9 Å². The second-order valence-corrected chi connectivity index (χ2v) is 4.07. The fourth-order valence-electron chi connectivity index (χ4n) is 1.30. The van der Waals surface area contributed by atoms with Crippen LogP contribution >= 0.6 is 0 Å². The van der Waals surface area contributed by atoms with Gasteiger partial charge in [-0.1, -0.05) is 12.8 Å². The summed E-state index contributed by atoms with van der Waals surface area (Å²) in [5.74, 6) is 5.59. The van der Waals surface area contributed by atoms with Crippen LogP contribution in [0.3, 0.4) is 0 Å². The first-order valence-corrected chi connectivity index (χ1v) is 7.33. The fourth-order valence-corrected chi connectivity index (χ4v) is 1.30. The molecule has 118 valence electrons. The van der Waals surface area contributed by atoms with Crippen molar-refractivity contribution in [3.05, 3.63) is 0 Å². The maximum Gasteiger partial charge on any atom is 0.107 e. The molecule has 0 aromatic rings. The van der Waals surface area contributed by atoms with Gasteiger partial charge in [0.2, 0.25) is 0 Å². The lowest BCUT2D eigenvalue weighted by Crippen LogP contribution is -2.21. The molecule has 0 heterocycles. The maximum atomic E-state index is 5.40. The quantitative estimate of drug-likeness (QED) is 0.361. The van der Waals surface area contributed by atoms with Gasteiger partial charge < -0.3 is 24.3 Å². The van der Waals surface area contributed by atoms with E-state index in [1.54, 1.807) is 6.92 Å². The third-order valence-electron chi connectivity index (χ3n) is 2.32. The van der Waals surface area contributed by atoms with Crippen LogP contribution < -0.4 is 5.32 Å². The van der Waals surface area contributed by atoms with Crippen LogP contribution in [0.25, 0.3) is 0 Å². The molecule has 0 rings (SSSR count). The summed E-state index contributed by atoms with van der Waals surface area (Å²) in [5, 5.41) is 3.27. The molecule has 0 unspecified atom stereocenters. The Balaban J connectivity index is 2.93. The van der Waals surface area contributed by atoms with E-state index in [1.807, 2.05) is 0 Å². The van der Waals surface area contributed by atoms with Crippen LogP contribution in [0.15, 0.2) is 0 Å². The zero-order chi connectivity index (χ0) is 14.7. The first kappa shape index (κ1) is 19.4. The molecule has 0 aliphatic carbocycles. The van der Waals surface area contributed by atoms with E-state index in [-0.39, 0.29) is 0 Å². The van der Waals surface area contributed by atoms with Crippen molar-refractivity contribution >= 4 is 0 Å². The number of nitrogens with one attached hydrogen (secondary N) is 1. The molecule has 0 aliphatic heterocycles. The topological polar surface area (TPSA) is 49.0 Å². The van der Waals surface area contributed by atoms with E-state index in [0.717, 1.165) is 26.1 Å². The van der Waals surface area contributed by atoms with Crippen molar-refractivity contribution in [2.75, 3.05) is 65.9 Å². The van der Waals surface area contributed by atoms with Crippen LogP contribution in [0.2, 0.25) is 0 Å². The van der Waals surface area contributed by atoms with E-state index in [0.29, 0.717) is 46.2 Å². The van der Waals surface area contributed by atoms with E-state index in [1.165, 1.54) is 0 Å². The lowest BCUT2D eigenvalue weighted by atomic mass is 10.5. The van der Waals surface area contributed by atoms with Gasteiger partial charge in [-0.05, 0) is 19.9 Å². The summed E-state index contributed by atoms with van der Waals surface area (Å²) in [6, 6.07) is 0. The molecule has 0 aromatic carbocycles. The van der Waals surface area contributed by atoms with Crippen molar-refractivity contribution in [2.24, 2.45) is 0 Å². The zero-order valence-corrected chi connectivity index (χ0v) is 12.9. The highest BCUT2D eigenvalue weighted by Crippen LogP contribution is 1.82. The Bertz CT molecular complexity index is 238. The molecule has 0 radical (unpaired) electrons. The predicted octanol–water partition coefficient (Wildman–Crippen LogP) is 1.08. The molecule has 0 fully saturated rings. The van der Waals surface area contributed by atoms with Gasteiger partial charge in [-0.2, -0.15) is 0 Å². The summed E-state index contributed by atoms with van der Waals surface area (Å²) in [6.07, 6.45) is 1.15. The first-order valence-electron chi connectivity index (χ1n) is 7.33. The number of rotatable bonds is 15. The highest BCUT2D eigenvalue weighted by molar-refractivity contribution is 4.94. The molecular formula is C15H29NO4. The van der Waals surface area contributed by atoms with Crippen molar-refractivity contribution < 1.29 is 18.9 Å². The monoisotopic (exact) mass is 287 g/mol. The largest absolute Gasteiger partial charge is 0.378 e. The third kappa shape index (κ3) is 17.4. The molecule has 20 heavy (non-hydrogen) atoms. The molecule has 5 nitrogen and oxygen atoms in total. The lowest BCUT2D eigenvalue weighted by molar-refractivity contribution is 0.00172. The summed E-state index contributed by atoms with van der Waals surface area (Å²) in [5.41, 5.74) is 0. The Morgan fingerprint density at radius 2 is 1.30 bits per heavy atom. The average Bonchev–Trinajstić information content (AvgIpc) is 2.47. The van der Waals surface area contributed by atoms with E-state index in [9.17, 15) is 0 Å². The third-order valence-corrected chi connectivity index (χ3v) is 2.32. The van der Waals surface area contributed by atoms with Gasteiger partial charge in [-0.25, -0.2) is 0 Å². The van der Waals surface area contributed by atoms with Gasteiger partial charge in [0.05, 0.1) is 46.2 Å². The van der Waals surface area contributed by atoms with Gasteiger partial charge in [0.25, 0.3) is 0 Å². The molecule has 0 bridgehead atoms. The molecule has 5 heteroatoms. The van der Waals surface area contributed by atoms with Gasteiger partial charge in [-0.15, -0.1) is 5.92 Å². The average molecular weight is 287 g/mol. The molecule has 0 atom stereocenters. The molecule has 1 N–H and O–H groups in total. The summed E-state index contributed by atoms with van der Waals surface area (Å²) < 4.78 is 21.3. The SMILES string of the molecule is CC#CCOCCOCCOCCOCCNCCC. The van der Waals surface area contributed by atoms with Crippen molar-refractivity contribution in [1.29, 1.82) is 0 Å². The van der Waals surface area contributed by atoms with Crippen molar-refractivity contribution in [3.8, 4) is 11.8 Å². The summed E-state index contributed by atoms with van der Waals surface area (Å²) >= 11 is 0. The van der Waals surface area contributed by atoms with Gasteiger partial charge >= 0.3 is 0 Å². The van der Waals surface area contributed by atoms with E-state index in [4.69, 9.17) is 18.9 Å². The Morgan fingerprint density at radius 1 is 0.750 bits per heavy atom. The van der Waals surface area contributed by atoms with Crippen LogP contribution in [0.5, 0.6) is 0 Å². The van der Waals surface area contributed by atoms with Crippen LogP contribution in [-0.4, -0.2) is 65.9 Å². The van der Waals surface area contributed by atoms with Gasteiger partial charge in [0, 0.05) is 6.54 Å². The minimum Gasteiger partial charge on any atom is -0.378 e. The van der Waals surface area contributed by atoms with Gasteiger partial charge in [0.15, 0.2) is 0 Å². The fraction of sp³-hybridized carbons (Fsp3) is 0.867. The maximum absolute atomic E-state index is 5.40. The predicted molar refractivity (Wildman–Crippen MR) is 79.9 cm³/mol. The number of hydrogen-bond acceptors (Lipinski definition) is 5. The van der Waals surface area contributed by atoms with Crippen LogP contribution in [0.1, 0.15) is 20.3 Å². The summed E-state index contributed by atoms with van der Waals surface area (Å²) in [4.78, 5) is 0. The smallest absolute Gasteiger partial charge is 0.107 e. The van der Waals surface area contributed by atoms with Gasteiger partial charge in [-0.3, -0.25) is 0 Å². The van der Waals surface area contributed by atoms with E-state index in [2.05, 4.69) is 24.1 Å². The van der Waals surface area contributed by atoms with Crippen molar-refractivity contribution in [2.45, 2.75) is 20.3 Å². The lowest BCUT2D eigenvalue weighted by Gasteiger charge is -2.07. The second kappa shape index (κ2) is 18.4. The minimum atomic E-state index is 0.473. The van der Waals surface area contributed by atoms with Crippen molar-refractivity contribution in [1.82, 2.24) is 5.32 Å². The minimum absolute atomic E-state index is 0.473. The molecule has 0 saturated heterocycles. The molecule has 0 aromatic heterocycles. The normalized spacial score (nSPS) is 10.3. The zero-order valence-electron chi connectivity index (χ0n) is 12.9. The Morgan fingerprint density at radius 3 is 1.85 bits per heavy atom. The van der Waals surface area contributed by atoms with E-state index < -0.39 is 0 Å². The van der Waals surface area contributed by atoms with Crippen molar-refractivity contribution in [3.63, 3.8) is 0 Å². The highest BCUT2D eigenvalue weighted by atomic mass is 16.6. The molecular weight excluding hydrogens is 258 g/mol.